The van der Waals surface area contributed by atoms with Gasteiger partial charge in [0.05, 0.1) is 4.92 Å². The van der Waals surface area contributed by atoms with E-state index in [9.17, 15) is 14.9 Å². The maximum Gasteiger partial charge on any atom is 0.272 e. The predicted molar refractivity (Wildman–Crippen MR) is 75.5 cm³/mol. The van der Waals surface area contributed by atoms with E-state index in [1.54, 1.807) is 18.2 Å². The van der Waals surface area contributed by atoms with Crippen molar-refractivity contribution >= 4 is 11.6 Å². The first-order valence-electron chi connectivity index (χ1n) is 6.89. The molecule has 1 aromatic rings. The van der Waals surface area contributed by atoms with Gasteiger partial charge in [0.15, 0.2) is 0 Å². The molecule has 1 saturated carbocycles. The van der Waals surface area contributed by atoms with Crippen LogP contribution in [0.25, 0.3) is 0 Å². The smallest absolute Gasteiger partial charge is 0.272 e. The molecule has 0 aromatic heterocycles. The van der Waals surface area contributed by atoms with Crippen LogP contribution in [0.15, 0.2) is 24.3 Å². The van der Waals surface area contributed by atoms with Crippen molar-refractivity contribution in [2.75, 3.05) is 13.1 Å². The summed E-state index contributed by atoms with van der Waals surface area (Å²) in [6.07, 6.45) is 3.22. The standard InChI is InChI=1S/C14H19N3O3/c18-14(16-12-5-6-12)8-10-15-9-7-11-3-1-2-4-13(11)17(19)20/h1-4,12,15H,5-10H2,(H,16,18). The first kappa shape index (κ1) is 14.5. The molecule has 1 fully saturated rings. The zero-order valence-corrected chi connectivity index (χ0v) is 11.3. The molecule has 0 unspecified atom stereocenters. The number of hydrogen-bond donors (Lipinski definition) is 2. The van der Waals surface area contributed by atoms with Crippen molar-refractivity contribution in [3.63, 3.8) is 0 Å². The minimum atomic E-state index is -0.363. The Bertz CT molecular complexity index is 486. The van der Waals surface area contributed by atoms with Crippen LogP contribution >= 0.6 is 0 Å². The zero-order valence-electron chi connectivity index (χ0n) is 11.3. The largest absolute Gasteiger partial charge is 0.353 e. The van der Waals surface area contributed by atoms with Gasteiger partial charge in [0, 0.05) is 30.6 Å². The van der Waals surface area contributed by atoms with E-state index in [4.69, 9.17) is 0 Å². The molecule has 6 heteroatoms. The number of benzene rings is 1. The highest BCUT2D eigenvalue weighted by atomic mass is 16.6. The number of carbonyl (C=O) groups is 1. The molecule has 0 radical (unpaired) electrons. The van der Waals surface area contributed by atoms with Gasteiger partial charge in [0.25, 0.3) is 5.69 Å². The molecule has 1 aliphatic rings. The fourth-order valence-corrected chi connectivity index (χ4v) is 1.98. The number of amides is 1. The van der Waals surface area contributed by atoms with Crippen molar-refractivity contribution in [1.82, 2.24) is 10.6 Å². The van der Waals surface area contributed by atoms with Gasteiger partial charge in [-0.15, -0.1) is 0 Å². The molecule has 1 aliphatic carbocycles. The number of para-hydroxylation sites is 1. The highest BCUT2D eigenvalue weighted by Gasteiger charge is 2.22. The van der Waals surface area contributed by atoms with Crippen molar-refractivity contribution in [1.29, 1.82) is 0 Å². The van der Waals surface area contributed by atoms with Gasteiger partial charge in [-0.2, -0.15) is 0 Å². The highest BCUT2D eigenvalue weighted by Crippen LogP contribution is 2.18. The van der Waals surface area contributed by atoms with E-state index in [0.29, 0.717) is 37.5 Å². The van der Waals surface area contributed by atoms with Gasteiger partial charge in [-0.1, -0.05) is 18.2 Å². The van der Waals surface area contributed by atoms with Crippen LogP contribution in [0.4, 0.5) is 5.69 Å². The fraction of sp³-hybridized carbons (Fsp3) is 0.500. The van der Waals surface area contributed by atoms with Gasteiger partial charge >= 0.3 is 0 Å². The first-order valence-corrected chi connectivity index (χ1v) is 6.89. The molecule has 1 amide bonds. The van der Waals surface area contributed by atoms with E-state index >= 15 is 0 Å². The Balaban J connectivity index is 1.65. The maximum atomic E-state index is 11.4. The number of nitrogens with zero attached hydrogens (tertiary/aromatic N) is 1. The molecule has 6 nitrogen and oxygen atoms in total. The molecule has 108 valence electrons. The number of nitro groups is 1. The van der Waals surface area contributed by atoms with Gasteiger partial charge in [-0.25, -0.2) is 0 Å². The first-order chi connectivity index (χ1) is 9.66. The molecule has 20 heavy (non-hydrogen) atoms. The summed E-state index contributed by atoms with van der Waals surface area (Å²) in [5, 5.41) is 16.9. The molecular weight excluding hydrogens is 258 g/mol. The maximum absolute atomic E-state index is 11.4. The molecule has 0 spiro atoms. The Labute approximate surface area is 117 Å². The van der Waals surface area contributed by atoms with E-state index in [-0.39, 0.29) is 16.5 Å². The van der Waals surface area contributed by atoms with Crippen molar-refractivity contribution in [3.8, 4) is 0 Å². The molecule has 2 rings (SSSR count). The van der Waals surface area contributed by atoms with Crippen molar-refractivity contribution in [2.24, 2.45) is 0 Å². The Morgan fingerprint density at radius 2 is 2.05 bits per heavy atom. The molecule has 0 heterocycles. The van der Waals surface area contributed by atoms with Gasteiger partial charge in [-0.05, 0) is 25.8 Å². The number of nitro benzene ring substituents is 1. The third kappa shape index (κ3) is 4.62. The van der Waals surface area contributed by atoms with Crippen LogP contribution in [0, 0.1) is 10.1 Å². The van der Waals surface area contributed by atoms with Gasteiger partial charge in [0.1, 0.15) is 0 Å². The third-order valence-electron chi connectivity index (χ3n) is 3.23. The minimum Gasteiger partial charge on any atom is -0.353 e. The second-order valence-electron chi connectivity index (χ2n) is 4.98. The summed E-state index contributed by atoms with van der Waals surface area (Å²) in [6.45, 7) is 1.22. The van der Waals surface area contributed by atoms with Gasteiger partial charge < -0.3 is 10.6 Å². The zero-order chi connectivity index (χ0) is 14.4. The summed E-state index contributed by atoms with van der Waals surface area (Å²) in [7, 11) is 0. The van der Waals surface area contributed by atoms with Gasteiger partial charge in [0.2, 0.25) is 5.91 Å². The average molecular weight is 277 g/mol. The van der Waals surface area contributed by atoms with E-state index in [0.717, 1.165) is 12.8 Å². The quantitative estimate of drug-likeness (QED) is 0.427. The van der Waals surface area contributed by atoms with E-state index in [2.05, 4.69) is 10.6 Å². The lowest BCUT2D eigenvalue weighted by Crippen LogP contribution is -2.29. The van der Waals surface area contributed by atoms with Crippen LogP contribution in [0.5, 0.6) is 0 Å². The third-order valence-corrected chi connectivity index (χ3v) is 3.23. The van der Waals surface area contributed by atoms with Crippen LogP contribution in [0.1, 0.15) is 24.8 Å². The lowest BCUT2D eigenvalue weighted by Gasteiger charge is -2.06. The summed E-state index contributed by atoms with van der Waals surface area (Å²) in [5.74, 6) is 0.0747. The second kappa shape index (κ2) is 7.00. The van der Waals surface area contributed by atoms with Crippen LogP contribution in [0.3, 0.4) is 0 Å². The van der Waals surface area contributed by atoms with Crippen molar-refractivity contribution < 1.29 is 9.72 Å². The molecule has 0 saturated heterocycles. The molecular formula is C14H19N3O3. The minimum absolute atomic E-state index is 0.0747. The number of rotatable bonds is 8. The van der Waals surface area contributed by atoms with E-state index in [1.165, 1.54) is 6.07 Å². The normalized spacial score (nSPS) is 14.0. The van der Waals surface area contributed by atoms with Crippen LogP contribution < -0.4 is 10.6 Å². The predicted octanol–water partition coefficient (Wildman–Crippen LogP) is 1.40. The highest BCUT2D eigenvalue weighted by molar-refractivity contribution is 5.76. The molecule has 0 atom stereocenters. The summed E-state index contributed by atoms with van der Waals surface area (Å²) in [5.41, 5.74) is 0.869. The Kier molecular flexibility index (Phi) is 5.06. The summed E-state index contributed by atoms with van der Waals surface area (Å²) in [4.78, 5) is 21.9. The average Bonchev–Trinajstić information content (AvgIpc) is 3.22. The Morgan fingerprint density at radius 3 is 2.75 bits per heavy atom. The molecule has 0 aliphatic heterocycles. The van der Waals surface area contributed by atoms with Crippen LogP contribution in [-0.4, -0.2) is 30.0 Å². The fourth-order valence-electron chi connectivity index (χ4n) is 1.98. The topological polar surface area (TPSA) is 84.3 Å². The summed E-state index contributed by atoms with van der Waals surface area (Å²) < 4.78 is 0. The van der Waals surface area contributed by atoms with Crippen molar-refractivity contribution in [3.05, 3.63) is 39.9 Å². The molecule has 2 N–H and O–H groups in total. The monoisotopic (exact) mass is 277 g/mol. The summed E-state index contributed by atoms with van der Waals surface area (Å²) >= 11 is 0. The van der Waals surface area contributed by atoms with E-state index in [1.807, 2.05) is 0 Å². The van der Waals surface area contributed by atoms with Crippen molar-refractivity contribution in [2.45, 2.75) is 31.7 Å². The number of nitrogens with one attached hydrogen (secondary N) is 2. The molecule has 1 aromatic carbocycles. The van der Waals surface area contributed by atoms with Gasteiger partial charge in [-0.3, -0.25) is 14.9 Å². The number of carbonyl (C=O) groups excluding carboxylic acids is 1. The Hall–Kier alpha value is -1.95. The lowest BCUT2D eigenvalue weighted by molar-refractivity contribution is -0.385. The SMILES string of the molecule is O=C(CCNCCc1ccccc1[N+](=O)[O-])NC1CC1. The van der Waals surface area contributed by atoms with Crippen LogP contribution in [-0.2, 0) is 11.2 Å². The Morgan fingerprint density at radius 1 is 1.30 bits per heavy atom. The van der Waals surface area contributed by atoms with Crippen LogP contribution in [0.2, 0.25) is 0 Å². The number of hydrogen-bond acceptors (Lipinski definition) is 4. The molecule has 0 bridgehead atoms. The summed E-state index contributed by atoms with van der Waals surface area (Å²) in [6, 6.07) is 7.13. The van der Waals surface area contributed by atoms with E-state index < -0.39 is 0 Å². The lowest BCUT2D eigenvalue weighted by atomic mass is 10.1. The second-order valence-corrected chi connectivity index (χ2v) is 4.98.